The van der Waals surface area contributed by atoms with E-state index in [4.69, 9.17) is 14.2 Å². The topological polar surface area (TPSA) is 61.8 Å². The van der Waals surface area contributed by atoms with Gasteiger partial charge in [-0.25, -0.2) is 0 Å². The van der Waals surface area contributed by atoms with Gasteiger partial charge in [0.05, 0.1) is 19.3 Å². The molecule has 0 N–H and O–H groups in total. The molecule has 1 saturated heterocycles. The first-order valence-corrected chi connectivity index (χ1v) is 9.46. The van der Waals surface area contributed by atoms with E-state index in [9.17, 15) is 9.59 Å². The molecule has 5 heteroatoms. The van der Waals surface area contributed by atoms with Gasteiger partial charge in [0.15, 0.2) is 0 Å². The molecule has 1 aromatic rings. The SMILES string of the molecule is CC(=O)OC[C@]12CO[C@H](c3ccc(OC(C)=O)cc3)[C@@H](C(C)=C[C@H]1C)[C@@H]2C. The second kappa shape index (κ2) is 7.47. The number of esters is 2. The zero-order chi connectivity index (χ0) is 19.8. The van der Waals surface area contributed by atoms with E-state index >= 15 is 0 Å². The highest BCUT2D eigenvalue weighted by atomic mass is 16.5. The molecule has 146 valence electrons. The van der Waals surface area contributed by atoms with Crippen LogP contribution in [-0.4, -0.2) is 25.2 Å². The van der Waals surface area contributed by atoms with Crippen molar-refractivity contribution in [3.63, 3.8) is 0 Å². The van der Waals surface area contributed by atoms with Crippen molar-refractivity contribution in [1.82, 2.24) is 0 Å². The van der Waals surface area contributed by atoms with Crippen LogP contribution < -0.4 is 4.74 Å². The van der Waals surface area contributed by atoms with Crippen LogP contribution in [0.2, 0.25) is 0 Å². The molecule has 5 nitrogen and oxygen atoms in total. The molecule has 0 amide bonds. The monoisotopic (exact) mass is 372 g/mol. The molecule has 1 aromatic carbocycles. The van der Waals surface area contributed by atoms with Crippen molar-refractivity contribution < 1.29 is 23.8 Å². The molecule has 1 fully saturated rings. The standard InChI is InChI=1S/C22H28O5/c1-13-10-14(2)22(11-25-16(4)23)12-26-21(20(13)15(22)3)18-6-8-19(9-7-18)27-17(5)24/h6-10,14-15,20-21H,11-12H2,1-5H3/t14-,15+,20+,21-,22+/m1/s1. The van der Waals surface area contributed by atoms with Crippen LogP contribution in [0.25, 0.3) is 0 Å². The van der Waals surface area contributed by atoms with Crippen LogP contribution in [0.3, 0.4) is 0 Å². The molecule has 2 aliphatic rings. The molecule has 27 heavy (non-hydrogen) atoms. The van der Waals surface area contributed by atoms with E-state index in [2.05, 4.69) is 26.8 Å². The second-order valence-electron chi connectivity index (χ2n) is 7.92. The predicted molar refractivity (Wildman–Crippen MR) is 101 cm³/mol. The van der Waals surface area contributed by atoms with Crippen LogP contribution in [0.15, 0.2) is 35.9 Å². The van der Waals surface area contributed by atoms with Gasteiger partial charge in [0.2, 0.25) is 0 Å². The molecule has 3 rings (SSSR count). The fourth-order valence-electron chi connectivity index (χ4n) is 4.69. The Morgan fingerprint density at radius 2 is 1.81 bits per heavy atom. The number of hydrogen-bond donors (Lipinski definition) is 0. The fraction of sp³-hybridized carbons (Fsp3) is 0.545. The smallest absolute Gasteiger partial charge is 0.308 e. The fourth-order valence-corrected chi connectivity index (χ4v) is 4.69. The molecule has 0 spiro atoms. The zero-order valence-corrected chi connectivity index (χ0v) is 16.7. The summed E-state index contributed by atoms with van der Waals surface area (Å²) < 4.78 is 16.9. The lowest BCUT2D eigenvalue weighted by molar-refractivity contribution is -0.180. The number of rotatable bonds is 4. The highest BCUT2D eigenvalue weighted by Crippen LogP contribution is 2.56. The Morgan fingerprint density at radius 1 is 1.15 bits per heavy atom. The van der Waals surface area contributed by atoms with E-state index in [0.29, 0.717) is 24.9 Å². The molecule has 0 radical (unpaired) electrons. The van der Waals surface area contributed by atoms with Crippen LogP contribution in [-0.2, 0) is 19.1 Å². The maximum absolute atomic E-state index is 11.4. The normalized spacial score (nSPS) is 32.4. The van der Waals surface area contributed by atoms with Crippen molar-refractivity contribution in [2.75, 3.05) is 13.2 Å². The van der Waals surface area contributed by atoms with Gasteiger partial charge in [-0.05, 0) is 36.5 Å². The maximum atomic E-state index is 11.4. The summed E-state index contributed by atoms with van der Waals surface area (Å²) >= 11 is 0. The summed E-state index contributed by atoms with van der Waals surface area (Å²) in [6.07, 6.45) is 2.23. The maximum Gasteiger partial charge on any atom is 0.308 e. The van der Waals surface area contributed by atoms with Crippen molar-refractivity contribution in [2.45, 2.75) is 40.7 Å². The summed E-state index contributed by atoms with van der Waals surface area (Å²) in [5.41, 5.74) is 2.16. The van der Waals surface area contributed by atoms with Gasteiger partial charge in [-0.2, -0.15) is 0 Å². The summed E-state index contributed by atoms with van der Waals surface area (Å²) in [6, 6.07) is 7.52. The molecule has 0 unspecified atom stereocenters. The van der Waals surface area contributed by atoms with Gasteiger partial charge in [0.25, 0.3) is 0 Å². The highest BCUT2D eigenvalue weighted by molar-refractivity contribution is 5.69. The Balaban J connectivity index is 1.88. The minimum atomic E-state index is -0.333. The number of allylic oxidation sites excluding steroid dienone is 1. The van der Waals surface area contributed by atoms with E-state index in [-0.39, 0.29) is 35.3 Å². The summed E-state index contributed by atoms with van der Waals surface area (Å²) in [7, 11) is 0. The first-order chi connectivity index (χ1) is 12.7. The molecular weight excluding hydrogens is 344 g/mol. The minimum absolute atomic E-state index is 0.0689. The molecule has 1 aliphatic carbocycles. The van der Waals surface area contributed by atoms with Crippen LogP contribution in [0.4, 0.5) is 0 Å². The Hall–Kier alpha value is -2.14. The van der Waals surface area contributed by atoms with E-state index < -0.39 is 0 Å². The summed E-state index contributed by atoms with van der Waals surface area (Å²) in [4.78, 5) is 22.5. The number of carbonyl (C=O) groups excluding carboxylic acids is 2. The molecule has 5 atom stereocenters. The first kappa shape index (κ1) is 19.6. The highest BCUT2D eigenvalue weighted by Gasteiger charge is 2.54. The number of hydrogen-bond acceptors (Lipinski definition) is 5. The Morgan fingerprint density at radius 3 is 2.41 bits per heavy atom. The van der Waals surface area contributed by atoms with Gasteiger partial charge < -0.3 is 14.2 Å². The largest absolute Gasteiger partial charge is 0.465 e. The number of carbonyl (C=O) groups is 2. The lowest BCUT2D eigenvalue weighted by Gasteiger charge is -2.55. The third kappa shape index (κ3) is 3.65. The summed E-state index contributed by atoms with van der Waals surface area (Å²) in [5.74, 6) is 0.739. The van der Waals surface area contributed by atoms with Crippen LogP contribution >= 0.6 is 0 Å². The molecule has 0 saturated carbocycles. The quantitative estimate of drug-likeness (QED) is 0.453. The molecule has 0 aromatic heterocycles. The van der Waals surface area contributed by atoms with Crippen molar-refractivity contribution in [3.05, 3.63) is 41.5 Å². The van der Waals surface area contributed by atoms with Gasteiger partial charge in [0, 0.05) is 25.2 Å². The van der Waals surface area contributed by atoms with Crippen LogP contribution in [0.1, 0.15) is 46.3 Å². The lowest BCUT2D eigenvalue weighted by Crippen LogP contribution is -2.54. The Labute approximate surface area is 160 Å². The molecule has 1 aliphatic heterocycles. The zero-order valence-electron chi connectivity index (χ0n) is 16.7. The number of ether oxygens (including phenoxy) is 3. The minimum Gasteiger partial charge on any atom is -0.465 e. The number of fused-ring (bicyclic) bond motifs is 2. The summed E-state index contributed by atoms with van der Waals surface area (Å²) in [6.45, 7) is 10.3. The predicted octanol–water partition coefficient (Wildman–Crippen LogP) is 4.08. The van der Waals surface area contributed by atoms with E-state index in [1.807, 2.05) is 12.1 Å². The molecule has 2 bridgehead atoms. The Kier molecular flexibility index (Phi) is 5.43. The van der Waals surface area contributed by atoms with Crippen molar-refractivity contribution in [2.24, 2.45) is 23.2 Å². The number of benzene rings is 1. The molecule has 1 heterocycles. The third-order valence-electron chi connectivity index (χ3n) is 6.26. The van der Waals surface area contributed by atoms with Crippen molar-refractivity contribution >= 4 is 11.9 Å². The third-order valence-corrected chi connectivity index (χ3v) is 6.26. The average molecular weight is 372 g/mol. The van der Waals surface area contributed by atoms with Crippen LogP contribution in [0, 0.1) is 23.2 Å². The molecular formula is C22H28O5. The van der Waals surface area contributed by atoms with E-state index in [1.165, 1.54) is 19.4 Å². The second-order valence-corrected chi connectivity index (χ2v) is 7.92. The van der Waals surface area contributed by atoms with Gasteiger partial charge in [0.1, 0.15) is 5.75 Å². The van der Waals surface area contributed by atoms with Gasteiger partial charge in [-0.3, -0.25) is 9.59 Å². The first-order valence-electron chi connectivity index (χ1n) is 9.46. The Bertz CT molecular complexity index is 750. The average Bonchev–Trinajstić information content (AvgIpc) is 2.59. The van der Waals surface area contributed by atoms with Crippen LogP contribution in [0.5, 0.6) is 5.75 Å². The van der Waals surface area contributed by atoms with Gasteiger partial charge in [-0.1, -0.05) is 37.6 Å². The van der Waals surface area contributed by atoms with Crippen molar-refractivity contribution in [1.29, 1.82) is 0 Å². The van der Waals surface area contributed by atoms with E-state index in [0.717, 1.165) is 5.56 Å². The van der Waals surface area contributed by atoms with Gasteiger partial charge >= 0.3 is 11.9 Å². The summed E-state index contributed by atoms with van der Waals surface area (Å²) in [5, 5.41) is 0. The van der Waals surface area contributed by atoms with Crippen molar-refractivity contribution in [3.8, 4) is 5.75 Å². The van der Waals surface area contributed by atoms with E-state index in [1.54, 1.807) is 12.1 Å². The lowest BCUT2D eigenvalue weighted by atomic mass is 9.56. The van der Waals surface area contributed by atoms with Gasteiger partial charge in [-0.15, -0.1) is 0 Å².